The summed E-state index contributed by atoms with van der Waals surface area (Å²) < 4.78 is 27.0. The average Bonchev–Trinajstić information content (AvgIpc) is 2.82. The first-order valence-electron chi connectivity index (χ1n) is 10.8. The van der Waals surface area contributed by atoms with Crippen LogP contribution in [0, 0.1) is 0 Å². The Kier molecular flexibility index (Phi) is 9.54. The van der Waals surface area contributed by atoms with Gasteiger partial charge in [0.1, 0.15) is 54.9 Å². The monoisotopic (exact) mass is 501 g/mol. The molecule has 0 bridgehead atoms. The van der Waals surface area contributed by atoms with Crippen molar-refractivity contribution in [2.75, 3.05) is 19.8 Å². The molecular weight excluding hydrogens is 466 g/mol. The predicted octanol–water partition coefficient (Wildman–Crippen LogP) is -7.67. The molecule has 15 atom stereocenters. The highest BCUT2D eigenvalue weighted by Crippen LogP contribution is 2.26. The smallest absolute Gasteiger partial charge is 0.175 e. The molecule has 14 N–H and O–H groups in total. The van der Waals surface area contributed by atoms with Crippen LogP contribution in [0.15, 0.2) is 0 Å². The molecule has 3 rings (SSSR count). The normalized spacial score (nSPS) is 52.5. The number of aliphatic hydroxyl groups is 8. The van der Waals surface area contributed by atoms with Gasteiger partial charge in [-0.15, -0.1) is 0 Å². The predicted molar refractivity (Wildman–Crippen MR) is 107 cm³/mol. The molecule has 16 nitrogen and oxygen atoms in total. The van der Waals surface area contributed by atoms with Gasteiger partial charge in [0.05, 0.1) is 37.9 Å². The summed E-state index contributed by atoms with van der Waals surface area (Å²) in [5, 5.41) is 79.5. The molecule has 3 aliphatic rings. The second-order valence-corrected chi connectivity index (χ2v) is 8.68. The van der Waals surface area contributed by atoms with E-state index in [-0.39, 0.29) is 0 Å². The van der Waals surface area contributed by atoms with E-state index in [1.165, 1.54) is 0 Å². The third-order valence-corrected chi connectivity index (χ3v) is 6.29. The standard InChI is InChI=1S/C18H35N3O13/c19-7-13(26)11(24)5(32-16(7)29)2-30-18-9(21)15(28)12(25)6(34-18)3-31-17-8(20)14(27)10(23)4(1-22)33-17/h4-18,22-29H,1-3,19-21H2/t4-,5-,6-,7-,8-,9-,10-,11-,12-,13-,14-,15-,16?,17+,18+/m1/s1. The van der Waals surface area contributed by atoms with Gasteiger partial charge >= 0.3 is 0 Å². The minimum absolute atomic E-state index is 0.418. The highest BCUT2D eigenvalue weighted by molar-refractivity contribution is 4.95. The Morgan fingerprint density at radius 3 is 1.38 bits per heavy atom. The van der Waals surface area contributed by atoms with Crippen LogP contribution < -0.4 is 17.2 Å². The lowest BCUT2D eigenvalue weighted by Crippen LogP contribution is -2.65. The summed E-state index contributed by atoms with van der Waals surface area (Å²) in [6.07, 6.45) is -16.6. The fourth-order valence-corrected chi connectivity index (χ4v) is 3.98. The van der Waals surface area contributed by atoms with Crippen LogP contribution in [-0.2, 0) is 23.7 Å². The Bertz CT molecular complexity index is 650. The molecule has 34 heavy (non-hydrogen) atoms. The fourth-order valence-electron chi connectivity index (χ4n) is 3.98. The Labute approximate surface area is 194 Å². The van der Waals surface area contributed by atoms with E-state index in [1.54, 1.807) is 0 Å². The van der Waals surface area contributed by atoms with Crippen LogP contribution in [0.3, 0.4) is 0 Å². The molecule has 0 saturated carbocycles. The van der Waals surface area contributed by atoms with Crippen molar-refractivity contribution in [2.24, 2.45) is 17.2 Å². The molecule has 200 valence electrons. The summed E-state index contributed by atoms with van der Waals surface area (Å²) in [5.41, 5.74) is 17.2. The van der Waals surface area contributed by atoms with Crippen LogP contribution >= 0.6 is 0 Å². The topological polar surface area (TPSA) is 286 Å². The molecule has 0 spiro atoms. The summed E-state index contributed by atoms with van der Waals surface area (Å²) in [7, 11) is 0. The summed E-state index contributed by atoms with van der Waals surface area (Å²) in [4.78, 5) is 0. The molecule has 0 radical (unpaired) electrons. The summed E-state index contributed by atoms with van der Waals surface area (Å²) in [5.74, 6) is 0. The third kappa shape index (κ3) is 5.68. The lowest BCUT2D eigenvalue weighted by atomic mass is 9.96. The maximum Gasteiger partial charge on any atom is 0.175 e. The quantitative estimate of drug-likeness (QED) is 0.154. The van der Waals surface area contributed by atoms with E-state index in [0.29, 0.717) is 0 Å². The number of hydrogen-bond acceptors (Lipinski definition) is 16. The Balaban J connectivity index is 1.58. The van der Waals surface area contributed by atoms with Gasteiger partial charge in [-0.3, -0.25) is 0 Å². The Hall–Kier alpha value is -0.640. The number of ether oxygens (including phenoxy) is 5. The zero-order chi connectivity index (χ0) is 25.3. The first-order valence-corrected chi connectivity index (χ1v) is 10.8. The van der Waals surface area contributed by atoms with Crippen molar-refractivity contribution >= 4 is 0 Å². The summed E-state index contributed by atoms with van der Waals surface area (Å²) >= 11 is 0. The number of aliphatic hydroxyl groups excluding tert-OH is 8. The number of rotatable bonds is 7. The van der Waals surface area contributed by atoms with E-state index in [0.717, 1.165) is 0 Å². The van der Waals surface area contributed by atoms with Crippen LogP contribution in [0.25, 0.3) is 0 Å². The summed E-state index contributed by atoms with van der Waals surface area (Å²) in [6.45, 7) is -1.45. The van der Waals surface area contributed by atoms with Crippen LogP contribution in [0.1, 0.15) is 0 Å². The third-order valence-electron chi connectivity index (χ3n) is 6.29. The second-order valence-electron chi connectivity index (χ2n) is 8.68. The maximum atomic E-state index is 10.3. The molecule has 16 heteroatoms. The van der Waals surface area contributed by atoms with Gasteiger partial charge in [0.2, 0.25) is 0 Å². The molecule has 0 aliphatic carbocycles. The number of hydrogen-bond donors (Lipinski definition) is 11. The lowest BCUT2D eigenvalue weighted by molar-refractivity contribution is -0.310. The minimum Gasteiger partial charge on any atom is -0.394 e. The lowest BCUT2D eigenvalue weighted by Gasteiger charge is -2.44. The largest absolute Gasteiger partial charge is 0.394 e. The van der Waals surface area contributed by atoms with Gasteiger partial charge in [0.15, 0.2) is 18.9 Å². The molecule has 0 aromatic heterocycles. The highest BCUT2D eigenvalue weighted by Gasteiger charge is 2.47. The van der Waals surface area contributed by atoms with E-state index in [4.69, 9.17) is 40.9 Å². The van der Waals surface area contributed by atoms with Crippen molar-refractivity contribution < 1.29 is 64.5 Å². The molecular formula is C18H35N3O13. The van der Waals surface area contributed by atoms with Crippen molar-refractivity contribution in [1.82, 2.24) is 0 Å². The van der Waals surface area contributed by atoms with Gasteiger partial charge in [-0.1, -0.05) is 0 Å². The van der Waals surface area contributed by atoms with Crippen molar-refractivity contribution in [2.45, 2.75) is 91.9 Å². The van der Waals surface area contributed by atoms with Crippen LogP contribution in [0.4, 0.5) is 0 Å². The van der Waals surface area contributed by atoms with Gasteiger partial charge in [-0.2, -0.15) is 0 Å². The van der Waals surface area contributed by atoms with Gasteiger partial charge in [0, 0.05) is 0 Å². The van der Waals surface area contributed by atoms with Crippen molar-refractivity contribution in [3.63, 3.8) is 0 Å². The van der Waals surface area contributed by atoms with Crippen molar-refractivity contribution in [3.8, 4) is 0 Å². The number of nitrogens with two attached hydrogens (primary N) is 3. The average molecular weight is 501 g/mol. The SMILES string of the molecule is N[C@H]1[C@@H](OC[C@H]2O[C@H](OC[C@H]3OC(O)[C@H](N)[C@@H](O)[C@@H]3O)[C@H](N)[C@@H](O)[C@@H]2O)O[C@H](CO)[C@@H](O)[C@@H]1O. The maximum absolute atomic E-state index is 10.3. The molecule has 3 saturated heterocycles. The summed E-state index contributed by atoms with van der Waals surface area (Å²) in [6, 6.07) is -3.64. The first kappa shape index (κ1) is 27.9. The van der Waals surface area contributed by atoms with E-state index >= 15 is 0 Å². The van der Waals surface area contributed by atoms with Crippen molar-refractivity contribution in [3.05, 3.63) is 0 Å². The Morgan fingerprint density at radius 1 is 0.529 bits per heavy atom. The zero-order valence-electron chi connectivity index (χ0n) is 18.1. The van der Waals surface area contributed by atoms with Crippen molar-refractivity contribution in [1.29, 1.82) is 0 Å². The van der Waals surface area contributed by atoms with E-state index < -0.39 is 112 Å². The molecule has 0 aromatic rings. The van der Waals surface area contributed by atoms with Gasteiger partial charge in [0.25, 0.3) is 0 Å². The van der Waals surface area contributed by atoms with E-state index in [2.05, 4.69) is 0 Å². The molecule has 1 unspecified atom stereocenters. The zero-order valence-corrected chi connectivity index (χ0v) is 18.1. The van der Waals surface area contributed by atoms with Crippen LogP contribution in [0.2, 0.25) is 0 Å². The highest BCUT2D eigenvalue weighted by atomic mass is 16.7. The fraction of sp³-hybridized carbons (Fsp3) is 1.00. The molecule has 0 amide bonds. The van der Waals surface area contributed by atoms with Gasteiger partial charge in [-0.05, 0) is 0 Å². The molecule has 3 fully saturated rings. The molecule has 3 heterocycles. The van der Waals surface area contributed by atoms with E-state index in [1.807, 2.05) is 0 Å². The van der Waals surface area contributed by atoms with Crippen LogP contribution in [-0.4, -0.2) is 153 Å². The van der Waals surface area contributed by atoms with E-state index in [9.17, 15) is 40.9 Å². The van der Waals surface area contributed by atoms with Gasteiger partial charge < -0.3 is 81.7 Å². The van der Waals surface area contributed by atoms with Crippen LogP contribution in [0.5, 0.6) is 0 Å². The molecule has 0 aromatic carbocycles. The Morgan fingerprint density at radius 2 is 0.912 bits per heavy atom. The molecule has 3 aliphatic heterocycles. The van der Waals surface area contributed by atoms with Gasteiger partial charge in [-0.25, -0.2) is 0 Å². The minimum atomic E-state index is -1.56. The second kappa shape index (κ2) is 11.6. The first-order chi connectivity index (χ1) is 16.0.